The molecular formula is C12H17I. The van der Waals surface area contributed by atoms with Crippen molar-refractivity contribution in [1.29, 1.82) is 0 Å². The number of benzene rings is 1. The molecule has 1 rings (SSSR count). The third-order valence-corrected chi connectivity index (χ3v) is 3.25. The van der Waals surface area contributed by atoms with Crippen molar-refractivity contribution in [2.24, 2.45) is 0 Å². The molecular weight excluding hydrogens is 271 g/mol. The molecule has 0 spiro atoms. The van der Waals surface area contributed by atoms with Crippen LogP contribution in [0.3, 0.4) is 0 Å². The second kappa shape index (κ2) is 5.63. The second-order valence-electron chi connectivity index (χ2n) is 3.48. The van der Waals surface area contributed by atoms with Gasteiger partial charge in [0.1, 0.15) is 0 Å². The first-order chi connectivity index (χ1) is 6.25. The predicted molar refractivity (Wildman–Crippen MR) is 67.6 cm³/mol. The van der Waals surface area contributed by atoms with Gasteiger partial charge in [-0.25, -0.2) is 0 Å². The molecule has 0 saturated heterocycles. The van der Waals surface area contributed by atoms with Gasteiger partial charge in [0.15, 0.2) is 0 Å². The summed E-state index contributed by atoms with van der Waals surface area (Å²) in [4.78, 5) is 0. The maximum atomic E-state index is 2.53. The maximum absolute atomic E-state index is 2.53. The molecule has 0 aliphatic carbocycles. The van der Waals surface area contributed by atoms with Crippen molar-refractivity contribution >= 4 is 22.6 Å². The Labute approximate surface area is 94.9 Å². The molecule has 0 bridgehead atoms. The fraction of sp³-hybridized carbons (Fsp3) is 0.500. The van der Waals surface area contributed by atoms with Crippen molar-refractivity contribution in [2.75, 3.05) is 0 Å². The lowest BCUT2D eigenvalue weighted by molar-refractivity contribution is 0.620. The largest absolute Gasteiger partial charge is 0.0823 e. The van der Waals surface area contributed by atoms with E-state index >= 15 is 0 Å². The number of alkyl halides is 1. The van der Waals surface area contributed by atoms with Gasteiger partial charge >= 0.3 is 0 Å². The molecule has 0 heterocycles. The summed E-state index contributed by atoms with van der Waals surface area (Å²) in [6.45, 7) is 4.56. The maximum Gasteiger partial charge on any atom is 0.0150 e. The summed E-state index contributed by atoms with van der Waals surface area (Å²) >= 11 is 2.53. The fourth-order valence-corrected chi connectivity index (χ4v) is 2.45. The van der Waals surface area contributed by atoms with Crippen LogP contribution in [0.4, 0.5) is 0 Å². The smallest absolute Gasteiger partial charge is 0.0150 e. The van der Waals surface area contributed by atoms with Gasteiger partial charge in [0.25, 0.3) is 0 Å². The minimum atomic E-state index is 0.722. The molecule has 2 unspecified atom stereocenters. The molecule has 13 heavy (non-hydrogen) atoms. The standard InChI is InChI=1S/C12H17I/c1-3-7-12(10(2)13)11-8-5-4-6-9-11/h4-6,8-10,12H,3,7H2,1-2H3. The minimum absolute atomic E-state index is 0.722. The molecule has 1 aromatic carbocycles. The lowest BCUT2D eigenvalue weighted by Gasteiger charge is -2.19. The van der Waals surface area contributed by atoms with Crippen molar-refractivity contribution in [3.8, 4) is 0 Å². The third kappa shape index (κ3) is 3.29. The van der Waals surface area contributed by atoms with Gasteiger partial charge < -0.3 is 0 Å². The Morgan fingerprint density at radius 1 is 1.23 bits per heavy atom. The molecule has 0 radical (unpaired) electrons. The van der Waals surface area contributed by atoms with Crippen LogP contribution in [0.25, 0.3) is 0 Å². The molecule has 0 amide bonds. The number of hydrogen-bond acceptors (Lipinski definition) is 0. The number of hydrogen-bond donors (Lipinski definition) is 0. The summed E-state index contributed by atoms with van der Waals surface area (Å²) in [5, 5.41) is 0. The van der Waals surface area contributed by atoms with Crippen LogP contribution in [-0.4, -0.2) is 3.92 Å². The number of halogens is 1. The molecule has 1 heteroatoms. The zero-order valence-corrected chi connectivity index (χ0v) is 10.5. The van der Waals surface area contributed by atoms with Gasteiger partial charge in [-0.05, 0) is 17.9 Å². The van der Waals surface area contributed by atoms with Crippen LogP contribution in [-0.2, 0) is 0 Å². The van der Waals surface area contributed by atoms with Crippen LogP contribution in [0.1, 0.15) is 38.2 Å². The lowest BCUT2D eigenvalue weighted by atomic mass is 9.92. The first-order valence-corrected chi connectivity index (χ1v) is 6.19. The molecule has 0 fully saturated rings. The van der Waals surface area contributed by atoms with E-state index in [9.17, 15) is 0 Å². The van der Waals surface area contributed by atoms with E-state index in [0.29, 0.717) is 0 Å². The zero-order valence-electron chi connectivity index (χ0n) is 8.33. The van der Waals surface area contributed by atoms with Gasteiger partial charge in [0.05, 0.1) is 0 Å². The van der Waals surface area contributed by atoms with Crippen molar-refractivity contribution in [1.82, 2.24) is 0 Å². The summed E-state index contributed by atoms with van der Waals surface area (Å²) in [6, 6.07) is 10.9. The van der Waals surface area contributed by atoms with Gasteiger partial charge in [-0.1, -0.05) is 73.2 Å². The van der Waals surface area contributed by atoms with Crippen LogP contribution in [0.15, 0.2) is 30.3 Å². The first-order valence-electron chi connectivity index (χ1n) is 4.94. The van der Waals surface area contributed by atoms with Gasteiger partial charge in [-0.15, -0.1) is 0 Å². The monoisotopic (exact) mass is 288 g/mol. The van der Waals surface area contributed by atoms with Crippen LogP contribution in [0.2, 0.25) is 0 Å². The van der Waals surface area contributed by atoms with E-state index < -0.39 is 0 Å². The Kier molecular flexibility index (Phi) is 4.78. The molecule has 0 saturated carbocycles. The highest BCUT2D eigenvalue weighted by atomic mass is 127. The molecule has 0 aromatic heterocycles. The molecule has 2 atom stereocenters. The van der Waals surface area contributed by atoms with E-state index in [0.717, 1.165) is 9.84 Å². The van der Waals surface area contributed by atoms with Crippen LogP contribution in [0.5, 0.6) is 0 Å². The fourth-order valence-electron chi connectivity index (χ4n) is 1.67. The number of rotatable bonds is 4. The van der Waals surface area contributed by atoms with Gasteiger partial charge in [0, 0.05) is 3.92 Å². The van der Waals surface area contributed by atoms with E-state index in [1.165, 1.54) is 18.4 Å². The van der Waals surface area contributed by atoms with Crippen molar-refractivity contribution in [2.45, 2.75) is 36.5 Å². The third-order valence-electron chi connectivity index (χ3n) is 2.38. The summed E-state index contributed by atoms with van der Waals surface area (Å²) in [5.74, 6) is 0.729. The van der Waals surface area contributed by atoms with Crippen molar-refractivity contribution in [3.05, 3.63) is 35.9 Å². The SMILES string of the molecule is CCCC(c1ccccc1)C(C)I. The van der Waals surface area contributed by atoms with Crippen LogP contribution in [0, 0.1) is 0 Å². The summed E-state index contributed by atoms with van der Waals surface area (Å²) in [6.07, 6.45) is 2.57. The average Bonchev–Trinajstić information content (AvgIpc) is 2.15. The lowest BCUT2D eigenvalue weighted by Crippen LogP contribution is -2.08. The highest BCUT2D eigenvalue weighted by Crippen LogP contribution is 2.29. The predicted octanol–water partition coefficient (Wildman–Crippen LogP) is 4.39. The Morgan fingerprint density at radius 2 is 1.85 bits per heavy atom. The van der Waals surface area contributed by atoms with Gasteiger partial charge in [-0.3, -0.25) is 0 Å². The highest BCUT2D eigenvalue weighted by molar-refractivity contribution is 14.1. The van der Waals surface area contributed by atoms with E-state index in [1.54, 1.807) is 0 Å². The first kappa shape index (κ1) is 11.0. The summed E-state index contributed by atoms with van der Waals surface area (Å²) in [5.41, 5.74) is 1.49. The summed E-state index contributed by atoms with van der Waals surface area (Å²) in [7, 11) is 0. The van der Waals surface area contributed by atoms with Crippen LogP contribution >= 0.6 is 22.6 Å². The molecule has 1 aromatic rings. The van der Waals surface area contributed by atoms with Gasteiger partial charge in [0.2, 0.25) is 0 Å². The normalized spacial score (nSPS) is 15.3. The van der Waals surface area contributed by atoms with Crippen LogP contribution < -0.4 is 0 Å². The molecule has 0 aliphatic heterocycles. The Balaban J connectivity index is 2.76. The Bertz CT molecular complexity index is 228. The quantitative estimate of drug-likeness (QED) is 0.569. The average molecular weight is 288 g/mol. The van der Waals surface area contributed by atoms with E-state index in [1.807, 2.05) is 0 Å². The Hall–Kier alpha value is -0.0500. The summed E-state index contributed by atoms with van der Waals surface area (Å²) < 4.78 is 0.722. The molecule has 0 nitrogen and oxygen atoms in total. The second-order valence-corrected chi connectivity index (χ2v) is 5.45. The highest BCUT2D eigenvalue weighted by Gasteiger charge is 2.14. The minimum Gasteiger partial charge on any atom is -0.0823 e. The van der Waals surface area contributed by atoms with E-state index in [2.05, 4.69) is 66.8 Å². The zero-order chi connectivity index (χ0) is 9.68. The molecule has 0 N–H and O–H groups in total. The van der Waals surface area contributed by atoms with Gasteiger partial charge in [-0.2, -0.15) is 0 Å². The van der Waals surface area contributed by atoms with Crippen molar-refractivity contribution < 1.29 is 0 Å². The Morgan fingerprint density at radius 3 is 2.31 bits per heavy atom. The van der Waals surface area contributed by atoms with E-state index in [-0.39, 0.29) is 0 Å². The van der Waals surface area contributed by atoms with Crippen molar-refractivity contribution in [3.63, 3.8) is 0 Å². The topological polar surface area (TPSA) is 0 Å². The molecule has 0 aliphatic rings. The van der Waals surface area contributed by atoms with E-state index in [4.69, 9.17) is 0 Å². The molecule has 72 valence electrons.